The smallest absolute Gasteiger partial charge is 0.185 e. The summed E-state index contributed by atoms with van der Waals surface area (Å²) in [5.74, 6) is 1.58. The Bertz CT molecular complexity index is 392. The maximum atomic E-state index is 4.76. The van der Waals surface area contributed by atoms with E-state index < -0.39 is 0 Å². The van der Waals surface area contributed by atoms with Crippen molar-refractivity contribution in [1.29, 1.82) is 0 Å². The predicted molar refractivity (Wildman–Crippen MR) is 84.0 cm³/mol. The van der Waals surface area contributed by atoms with Crippen molar-refractivity contribution in [3.8, 4) is 0 Å². The number of rotatable bonds is 5. The molecule has 1 aromatic heterocycles. The molecule has 2 heterocycles. The highest BCUT2D eigenvalue weighted by Crippen LogP contribution is 2.29. The molecule has 1 aromatic rings. The summed E-state index contributed by atoms with van der Waals surface area (Å²) < 4.78 is 0. The van der Waals surface area contributed by atoms with Gasteiger partial charge in [-0.15, -0.1) is 11.3 Å². The summed E-state index contributed by atoms with van der Waals surface area (Å²) in [5, 5.41) is 4.74. The normalized spacial score (nSPS) is 17.4. The molecule has 1 aliphatic heterocycles. The van der Waals surface area contributed by atoms with Crippen LogP contribution in [0.5, 0.6) is 0 Å². The van der Waals surface area contributed by atoms with Crippen LogP contribution in [0.1, 0.15) is 44.2 Å². The molecule has 3 nitrogen and oxygen atoms in total. The average molecular weight is 281 g/mol. The molecule has 0 unspecified atom stereocenters. The summed E-state index contributed by atoms with van der Waals surface area (Å²) in [6.45, 7) is 13.4. The quantitative estimate of drug-likeness (QED) is 0.896. The first-order valence-corrected chi connectivity index (χ1v) is 8.30. The van der Waals surface area contributed by atoms with Gasteiger partial charge < -0.3 is 10.2 Å². The molecule has 0 amide bonds. The highest BCUT2D eigenvalue weighted by Gasteiger charge is 2.19. The molecule has 2 rings (SSSR count). The summed E-state index contributed by atoms with van der Waals surface area (Å²) in [6.07, 6.45) is 2.61. The lowest BCUT2D eigenvalue weighted by molar-refractivity contribution is 0.438. The highest BCUT2D eigenvalue weighted by molar-refractivity contribution is 7.15. The third-order valence-corrected chi connectivity index (χ3v) is 4.99. The van der Waals surface area contributed by atoms with E-state index in [9.17, 15) is 0 Å². The molecule has 0 radical (unpaired) electrons. The van der Waals surface area contributed by atoms with Gasteiger partial charge in [0.05, 0.1) is 5.69 Å². The number of anilines is 1. The van der Waals surface area contributed by atoms with E-state index in [1.807, 2.05) is 11.3 Å². The number of hydrogen-bond acceptors (Lipinski definition) is 4. The minimum absolute atomic E-state index is 0.705. The molecule has 4 heteroatoms. The number of aryl methyl sites for hydroxylation is 1. The van der Waals surface area contributed by atoms with Crippen LogP contribution in [0, 0.1) is 18.8 Å². The number of aromatic nitrogens is 1. The van der Waals surface area contributed by atoms with Crippen LogP contribution >= 0.6 is 11.3 Å². The predicted octanol–water partition coefficient (Wildman–Crippen LogP) is 3.43. The zero-order valence-electron chi connectivity index (χ0n) is 12.7. The van der Waals surface area contributed by atoms with E-state index in [0.29, 0.717) is 5.92 Å². The number of nitrogens with zero attached hydrogens (tertiary/aromatic N) is 2. The standard InChI is InChI=1S/C15H27N3S/c1-11(2)9-16-10-14-13(4)17-15(19-14)18-7-5-12(3)6-8-18/h11-12,16H,5-10H2,1-4H3. The van der Waals surface area contributed by atoms with Gasteiger partial charge in [-0.3, -0.25) is 0 Å². The number of nitrogens with one attached hydrogen (secondary N) is 1. The fourth-order valence-corrected chi connectivity index (χ4v) is 3.47. The van der Waals surface area contributed by atoms with Crippen molar-refractivity contribution < 1.29 is 0 Å². The van der Waals surface area contributed by atoms with Crippen molar-refractivity contribution in [2.45, 2.75) is 47.1 Å². The van der Waals surface area contributed by atoms with Gasteiger partial charge in [-0.05, 0) is 38.1 Å². The van der Waals surface area contributed by atoms with E-state index in [4.69, 9.17) is 4.98 Å². The Kier molecular flexibility index (Phi) is 5.22. The fourth-order valence-electron chi connectivity index (χ4n) is 2.39. The van der Waals surface area contributed by atoms with E-state index in [0.717, 1.165) is 19.0 Å². The fraction of sp³-hybridized carbons (Fsp3) is 0.800. The van der Waals surface area contributed by atoms with Crippen LogP contribution in [-0.4, -0.2) is 24.6 Å². The molecule has 0 saturated carbocycles. The second kappa shape index (κ2) is 6.71. The maximum Gasteiger partial charge on any atom is 0.185 e. The zero-order chi connectivity index (χ0) is 13.8. The van der Waals surface area contributed by atoms with Crippen molar-refractivity contribution in [1.82, 2.24) is 10.3 Å². The highest BCUT2D eigenvalue weighted by atomic mass is 32.1. The van der Waals surface area contributed by atoms with Gasteiger partial charge in [0, 0.05) is 24.5 Å². The Morgan fingerprint density at radius 2 is 2.05 bits per heavy atom. The summed E-state index contributed by atoms with van der Waals surface area (Å²) in [4.78, 5) is 8.62. The molecular formula is C15H27N3S. The van der Waals surface area contributed by atoms with Crippen molar-refractivity contribution in [3.05, 3.63) is 10.6 Å². The lowest BCUT2D eigenvalue weighted by Gasteiger charge is -2.29. The molecule has 0 spiro atoms. The first kappa shape index (κ1) is 14.8. The van der Waals surface area contributed by atoms with Gasteiger partial charge in [-0.2, -0.15) is 0 Å². The SMILES string of the molecule is Cc1nc(N2CCC(C)CC2)sc1CNCC(C)C. The van der Waals surface area contributed by atoms with Gasteiger partial charge in [-0.25, -0.2) is 4.98 Å². The van der Waals surface area contributed by atoms with Gasteiger partial charge in [0.2, 0.25) is 0 Å². The van der Waals surface area contributed by atoms with E-state index in [2.05, 4.69) is 37.9 Å². The molecule has 0 aromatic carbocycles. The first-order valence-electron chi connectivity index (χ1n) is 7.48. The molecule has 1 saturated heterocycles. The Hall–Kier alpha value is -0.610. The molecule has 108 valence electrons. The molecule has 0 bridgehead atoms. The lowest BCUT2D eigenvalue weighted by atomic mass is 10.00. The molecule has 1 fully saturated rings. The van der Waals surface area contributed by atoms with Crippen LogP contribution in [0.3, 0.4) is 0 Å². The van der Waals surface area contributed by atoms with Crippen LogP contribution in [0.25, 0.3) is 0 Å². The Labute approximate surface area is 121 Å². The summed E-state index contributed by atoms with van der Waals surface area (Å²) >= 11 is 1.87. The van der Waals surface area contributed by atoms with Crippen molar-refractivity contribution in [2.75, 3.05) is 24.5 Å². The molecule has 1 N–H and O–H groups in total. The minimum Gasteiger partial charge on any atom is -0.348 e. The Morgan fingerprint density at radius 3 is 2.68 bits per heavy atom. The Morgan fingerprint density at radius 1 is 1.37 bits per heavy atom. The van der Waals surface area contributed by atoms with Crippen LogP contribution in [0.15, 0.2) is 0 Å². The van der Waals surface area contributed by atoms with E-state index in [-0.39, 0.29) is 0 Å². The summed E-state index contributed by atoms with van der Waals surface area (Å²) in [7, 11) is 0. The number of thiazole rings is 1. The topological polar surface area (TPSA) is 28.2 Å². The molecule has 0 atom stereocenters. The second-order valence-corrected chi connectivity index (χ2v) is 7.26. The largest absolute Gasteiger partial charge is 0.348 e. The van der Waals surface area contributed by atoms with Crippen molar-refractivity contribution in [2.24, 2.45) is 11.8 Å². The minimum atomic E-state index is 0.705. The van der Waals surface area contributed by atoms with Crippen LogP contribution in [0.2, 0.25) is 0 Å². The molecule has 1 aliphatic rings. The van der Waals surface area contributed by atoms with E-state index >= 15 is 0 Å². The Balaban J connectivity index is 1.92. The zero-order valence-corrected chi connectivity index (χ0v) is 13.5. The third kappa shape index (κ3) is 4.18. The number of piperidine rings is 1. The summed E-state index contributed by atoms with van der Waals surface area (Å²) in [5.41, 5.74) is 1.20. The third-order valence-electron chi connectivity index (χ3n) is 3.77. The summed E-state index contributed by atoms with van der Waals surface area (Å²) in [6, 6.07) is 0. The lowest BCUT2D eigenvalue weighted by Crippen LogP contribution is -2.32. The van der Waals surface area contributed by atoms with Crippen molar-refractivity contribution >= 4 is 16.5 Å². The molecule has 0 aliphatic carbocycles. The van der Waals surface area contributed by atoms with Gasteiger partial charge in [-0.1, -0.05) is 20.8 Å². The van der Waals surface area contributed by atoms with Crippen LogP contribution in [-0.2, 0) is 6.54 Å². The number of hydrogen-bond donors (Lipinski definition) is 1. The second-order valence-electron chi connectivity index (χ2n) is 6.20. The molecular weight excluding hydrogens is 254 g/mol. The van der Waals surface area contributed by atoms with Gasteiger partial charge in [0.1, 0.15) is 0 Å². The van der Waals surface area contributed by atoms with E-state index in [1.54, 1.807) is 0 Å². The van der Waals surface area contributed by atoms with Gasteiger partial charge in [0.25, 0.3) is 0 Å². The monoisotopic (exact) mass is 281 g/mol. The average Bonchev–Trinajstić information content (AvgIpc) is 2.71. The van der Waals surface area contributed by atoms with E-state index in [1.165, 1.54) is 41.6 Å². The van der Waals surface area contributed by atoms with Gasteiger partial charge in [0.15, 0.2) is 5.13 Å². The van der Waals surface area contributed by atoms with Crippen molar-refractivity contribution in [3.63, 3.8) is 0 Å². The maximum absolute atomic E-state index is 4.76. The van der Waals surface area contributed by atoms with Crippen LogP contribution < -0.4 is 10.2 Å². The molecule has 19 heavy (non-hydrogen) atoms. The first-order chi connectivity index (χ1) is 9.06. The van der Waals surface area contributed by atoms with Gasteiger partial charge >= 0.3 is 0 Å². The van der Waals surface area contributed by atoms with Crippen LogP contribution in [0.4, 0.5) is 5.13 Å².